The van der Waals surface area contributed by atoms with Crippen molar-refractivity contribution >= 4 is 11.3 Å². The third-order valence-electron chi connectivity index (χ3n) is 3.31. The minimum absolute atomic E-state index is 0.293. The van der Waals surface area contributed by atoms with Gasteiger partial charge in [-0.05, 0) is 25.8 Å². The van der Waals surface area contributed by atoms with Gasteiger partial charge in [-0.15, -0.1) is 11.3 Å². The minimum Gasteiger partial charge on any atom is -0.302 e. The summed E-state index contributed by atoms with van der Waals surface area (Å²) in [6.45, 7) is 6.48. The van der Waals surface area contributed by atoms with Crippen LogP contribution in [0.3, 0.4) is 0 Å². The monoisotopic (exact) mass is 274 g/mol. The molecule has 2 nitrogen and oxygen atoms in total. The molecule has 2 aromatic rings. The van der Waals surface area contributed by atoms with E-state index in [1.807, 2.05) is 0 Å². The average molecular weight is 274 g/mol. The van der Waals surface area contributed by atoms with Crippen LogP contribution < -0.4 is 5.32 Å². The molecule has 2 atom stereocenters. The number of benzene rings is 1. The lowest BCUT2D eigenvalue weighted by Crippen LogP contribution is -2.24. The summed E-state index contributed by atoms with van der Waals surface area (Å²) in [6.07, 6.45) is 2.33. The Hall–Kier alpha value is -1.19. The first-order valence-electron chi connectivity index (χ1n) is 6.93. The lowest BCUT2D eigenvalue weighted by atomic mass is 10.0. The van der Waals surface area contributed by atoms with Crippen LogP contribution in [0, 0.1) is 6.92 Å². The predicted molar refractivity (Wildman–Crippen MR) is 82.5 cm³/mol. The number of hydrogen-bond donors (Lipinski definition) is 1. The molecule has 0 spiro atoms. The summed E-state index contributed by atoms with van der Waals surface area (Å²) in [6, 6.07) is 11.4. The second-order valence-electron chi connectivity index (χ2n) is 4.93. The highest BCUT2D eigenvalue weighted by atomic mass is 32.1. The van der Waals surface area contributed by atoms with Gasteiger partial charge in [-0.1, -0.05) is 43.7 Å². The molecule has 0 bridgehead atoms. The van der Waals surface area contributed by atoms with Crippen molar-refractivity contribution in [3.05, 3.63) is 52.0 Å². The highest BCUT2D eigenvalue weighted by molar-refractivity contribution is 7.09. The standard InChI is InChI=1S/C16H22N2S/c1-4-8-15(14-9-6-5-7-10-14)17-12(2)16-11-19-13(3)18-16/h5-7,9-12,15,17H,4,8H2,1-3H3. The van der Waals surface area contributed by atoms with Gasteiger partial charge in [-0.3, -0.25) is 0 Å². The van der Waals surface area contributed by atoms with E-state index in [1.165, 1.54) is 12.0 Å². The number of rotatable bonds is 6. The lowest BCUT2D eigenvalue weighted by Gasteiger charge is -2.22. The van der Waals surface area contributed by atoms with E-state index in [0.717, 1.165) is 17.1 Å². The fraction of sp³-hybridized carbons (Fsp3) is 0.438. The summed E-state index contributed by atoms with van der Waals surface area (Å²) in [5.41, 5.74) is 2.52. The molecule has 2 rings (SSSR count). The van der Waals surface area contributed by atoms with Gasteiger partial charge in [0, 0.05) is 17.5 Å². The van der Waals surface area contributed by atoms with Crippen molar-refractivity contribution in [2.45, 2.75) is 45.7 Å². The Labute approximate surface area is 119 Å². The molecule has 0 aliphatic heterocycles. The van der Waals surface area contributed by atoms with E-state index in [0.29, 0.717) is 12.1 Å². The zero-order chi connectivity index (χ0) is 13.7. The summed E-state index contributed by atoms with van der Waals surface area (Å²) < 4.78 is 0. The Morgan fingerprint density at radius 2 is 2.00 bits per heavy atom. The summed E-state index contributed by atoms with van der Waals surface area (Å²) in [5.74, 6) is 0. The Morgan fingerprint density at radius 3 is 2.58 bits per heavy atom. The number of thiazole rings is 1. The van der Waals surface area contributed by atoms with Crippen molar-refractivity contribution in [1.29, 1.82) is 0 Å². The van der Waals surface area contributed by atoms with Crippen molar-refractivity contribution < 1.29 is 0 Å². The minimum atomic E-state index is 0.293. The molecule has 19 heavy (non-hydrogen) atoms. The van der Waals surface area contributed by atoms with E-state index < -0.39 is 0 Å². The third kappa shape index (κ3) is 3.88. The van der Waals surface area contributed by atoms with Gasteiger partial charge in [0.05, 0.1) is 10.7 Å². The fourth-order valence-corrected chi connectivity index (χ4v) is 2.99. The molecule has 1 heterocycles. The molecule has 0 fully saturated rings. The number of nitrogens with one attached hydrogen (secondary N) is 1. The first kappa shape index (κ1) is 14.2. The summed E-state index contributed by atoms with van der Waals surface area (Å²) >= 11 is 1.72. The van der Waals surface area contributed by atoms with Crippen molar-refractivity contribution in [3.8, 4) is 0 Å². The molecule has 1 N–H and O–H groups in total. The zero-order valence-electron chi connectivity index (χ0n) is 11.9. The Balaban J connectivity index is 2.08. The van der Waals surface area contributed by atoms with Crippen LogP contribution in [-0.4, -0.2) is 4.98 Å². The van der Waals surface area contributed by atoms with Crippen LogP contribution in [-0.2, 0) is 0 Å². The van der Waals surface area contributed by atoms with Crippen LogP contribution in [0.2, 0.25) is 0 Å². The van der Waals surface area contributed by atoms with Gasteiger partial charge < -0.3 is 5.32 Å². The molecule has 0 amide bonds. The van der Waals surface area contributed by atoms with Gasteiger partial charge in [-0.2, -0.15) is 0 Å². The van der Waals surface area contributed by atoms with E-state index in [9.17, 15) is 0 Å². The van der Waals surface area contributed by atoms with E-state index in [4.69, 9.17) is 0 Å². The molecule has 0 aliphatic rings. The summed E-state index contributed by atoms with van der Waals surface area (Å²) in [7, 11) is 0. The van der Waals surface area contributed by atoms with E-state index in [1.54, 1.807) is 11.3 Å². The van der Waals surface area contributed by atoms with Gasteiger partial charge in [0.2, 0.25) is 0 Å². The highest BCUT2D eigenvalue weighted by Gasteiger charge is 2.16. The SMILES string of the molecule is CCCC(NC(C)c1csc(C)n1)c1ccccc1. The van der Waals surface area contributed by atoms with Crippen molar-refractivity contribution in [3.63, 3.8) is 0 Å². The number of hydrogen-bond acceptors (Lipinski definition) is 3. The average Bonchev–Trinajstić information content (AvgIpc) is 2.86. The molecule has 102 valence electrons. The van der Waals surface area contributed by atoms with Crippen molar-refractivity contribution in [2.75, 3.05) is 0 Å². The Morgan fingerprint density at radius 1 is 1.26 bits per heavy atom. The topological polar surface area (TPSA) is 24.9 Å². The van der Waals surface area contributed by atoms with Crippen LogP contribution in [0.1, 0.15) is 55.0 Å². The molecule has 1 aromatic heterocycles. The maximum atomic E-state index is 4.57. The van der Waals surface area contributed by atoms with Crippen LogP contribution in [0.15, 0.2) is 35.7 Å². The van der Waals surface area contributed by atoms with Crippen LogP contribution in [0.25, 0.3) is 0 Å². The number of nitrogens with zero attached hydrogens (tertiary/aromatic N) is 1. The Kier molecular flexibility index (Phi) is 5.11. The second-order valence-corrected chi connectivity index (χ2v) is 5.99. The maximum Gasteiger partial charge on any atom is 0.0898 e. The number of aromatic nitrogens is 1. The van der Waals surface area contributed by atoms with E-state index in [2.05, 4.69) is 66.8 Å². The van der Waals surface area contributed by atoms with Crippen LogP contribution >= 0.6 is 11.3 Å². The van der Waals surface area contributed by atoms with Crippen molar-refractivity contribution in [1.82, 2.24) is 10.3 Å². The molecule has 3 heteroatoms. The maximum absolute atomic E-state index is 4.57. The predicted octanol–water partition coefficient (Wildman–Crippen LogP) is 4.64. The fourth-order valence-electron chi connectivity index (χ4n) is 2.29. The Bertz CT molecular complexity index is 492. The second kappa shape index (κ2) is 6.83. The first-order chi connectivity index (χ1) is 9.20. The first-order valence-corrected chi connectivity index (χ1v) is 7.81. The van der Waals surface area contributed by atoms with Gasteiger partial charge >= 0.3 is 0 Å². The number of aryl methyl sites for hydroxylation is 1. The van der Waals surface area contributed by atoms with Crippen LogP contribution in [0.5, 0.6) is 0 Å². The summed E-state index contributed by atoms with van der Waals surface area (Å²) in [4.78, 5) is 4.57. The lowest BCUT2D eigenvalue weighted by molar-refractivity contribution is 0.435. The van der Waals surface area contributed by atoms with E-state index in [-0.39, 0.29) is 0 Å². The van der Waals surface area contributed by atoms with Gasteiger partial charge in [0.15, 0.2) is 0 Å². The third-order valence-corrected chi connectivity index (χ3v) is 4.10. The molecular formula is C16H22N2S. The molecule has 2 unspecified atom stereocenters. The van der Waals surface area contributed by atoms with Crippen LogP contribution in [0.4, 0.5) is 0 Å². The molecule has 1 aromatic carbocycles. The van der Waals surface area contributed by atoms with Crippen molar-refractivity contribution in [2.24, 2.45) is 0 Å². The summed E-state index contributed by atoms with van der Waals surface area (Å²) in [5, 5.41) is 7.00. The quantitative estimate of drug-likeness (QED) is 0.829. The molecule has 0 radical (unpaired) electrons. The van der Waals surface area contributed by atoms with E-state index >= 15 is 0 Å². The molecule has 0 saturated heterocycles. The highest BCUT2D eigenvalue weighted by Crippen LogP contribution is 2.24. The van der Waals surface area contributed by atoms with Gasteiger partial charge in [0.1, 0.15) is 0 Å². The van der Waals surface area contributed by atoms with Gasteiger partial charge in [-0.25, -0.2) is 4.98 Å². The molecule has 0 aliphatic carbocycles. The molecular weight excluding hydrogens is 252 g/mol. The normalized spacial score (nSPS) is 14.3. The molecule has 0 saturated carbocycles. The largest absolute Gasteiger partial charge is 0.302 e. The smallest absolute Gasteiger partial charge is 0.0898 e. The zero-order valence-corrected chi connectivity index (χ0v) is 12.7. The van der Waals surface area contributed by atoms with Gasteiger partial charge in [0.25, 0.3) is 0 Å².